The van der Waals surface area contributed by atoms with Crippen LogP contribution in [0.2, 0.25) is 0 Å². The normalized spacial score (nSPS) is 13.9. The van der Waals surface area contributed by atoms with Crippen LogP contribution in [0, 0.1) is 19.8 Å². The molecule has 1 aromatic carbocycles. The molecule has 0 aliphatic rings. The number of sulfonamides is 1. The molecule has 0 fully saturated rings. The first-order chi connectivity index (χ1) is 8.24. The first-order valence-electron chi connectivity index (χ1n) is 6.06. The first kappa shape index (κ1) is 15.1. The van der Waals surface area contributed by atoms with Crippen molar-refractivity contribution in [3.8, 4) is 0 Å². The fourth-order valence-corrected chi connectivity index (χ4v) is 2.56. The standard InChI is InChI=1S/C13H22N2O2S/c1-9(2)13(14)8-15-18(16,17)12-6-5-10(3)11(4)7-12/h5-7,9,13,15H,8,14H2,1-4H3. The van der Waals surface area contributed by atoms with Gasteiger partial charge in [0.05, 0.1) is 4.90 Å². The lowest BCUT2D eigenvalue weighted by atomic mass is 10.1. The third kappa shape index (κ3) is 3.80. The van der Waals surface area contributed by atoms with Crippen LogP contribution in [0.15, 0.2) is 23.1 Å². The maximum Gasteiger partial charge on any atom is 0.240 e. The Morgan fingerprint density at radius 1 is 1.22 bits per heavy atom. The second-order valence-corrected chi connectivity index (χ2v) is 6.77. The van der Waals surface area contributed by atoms with Crippen molar-refractivity contribution in [1.29, 1.82) is 0 Å². The molecular formula is C13H22N2O2S. The van der Waals surface area contributed by atoms with E-state index >= 15 is 0 Å². The summed E-state index contributed by atoms with van der Waals surface area (Å²) in [5.74, 6) is 0.243. The number of aryl methyl sites for hydroxylation is 2. The van der Waals surface area contributed by atoms with Crippen LogP contribution in [0.3, 0.4) is 0 Å². The predicted octanol–water partition coefficient (Wildman–Crippen LogP) is 1.57. The van der Waals surface area contributed by atoms with Gasteiger partial charge >= 0.3 is 0 Å². The van der Waals surface area contributed by atoms with Crippen molar-refractivity contribution in [2.75, 3.05) is 6.54 Å². The van der Waals surface area contributed by atoms with Crippen molar-refractivity contribution in [2.24, 2.45) is 11.7 Å². The van der Waals surface area contributed by atoms with E-state index < -0.39 is 10.0 Å². The molecule has 0 aliphatic heterocycles. The lowest BCUT2D eigenvalue weighted by molar-refractivity contribution is 0.481. The van der Waals surface area contributed by atoms with Gasteiger partial charge in [-0.2, -0.15) is 0 Å². The van der Waals surface area contributed by atoms with E-state index in [-0.39, 0.29) is 18.5 Å². The highest BCUT2D eigenvalue weighted by atomic mass is 32.2. The monoisotopic (exact) mass is 270 g/mol. The van der Waals surface area contributed by atoms with Crippen molar-refractivity contribution in [2.45, 2.75) is 38.6 Å². The largest absolute Gasteiger partial charge is 0.326 e. The zero-order valence-electron chi connectivity index (χ0n) is 11.4. The lowest BCUT2D eigenvalue weighted by Crippen LogP contribution is -2.40. The Kier molecular flexibility index (Phi) is 4.90. The molecule has 5 heteroatoms. The van der Waals surface area contributed by atoms with Gasteiger partial charge in [-0.25, -0.2) is 13.1 Å². The Labute approximate surface area is 110 Å². The summed E-state index contributed by atoms with van der Waals surface area (Å²) in [5.41, 5.74) is 7.87. The molecule has 0 saturated carbocycles. The number of nitrogens with one attached hydrogen (secondary N) is 1. The predicted molar refractivity (Wildman–Crippen MR) is 73.9 cm³/mol. The van der Waals surface area contributed by atoms with Crippen molar-refractivity contribution < 1.29 is 8.42 Å². The molecule has 1 aromatic rings. The summed E-state index contributed by atoms with van der Waals surface area (Å²) >= 11 is 0. The molecule has 1 atom stereocenters. The summed E-state index contributed by atoms with van der Waals surface area (Å²) in [7, 11) is -3.46. The van der Waals surface area contributed by atoms with Gasteiger partial charge in [-0.05, 0) is 43.0 Å². The molecule has 4 nitrogen and oxygen atoms in total. The van der Waals surface area contributed by atoms with Gasteiger partial charge in [0.1, 0.15) is 0 Å². The van der Waals surface area contributed by atoms with Gasteiger partial charge in [0.25, 0.3) is 0 Å². The average Bonchev–Trinajstić information content (AvgIpc) is 2.29. The van der Waals surface area contributed by atoms with Crippen LogP contribution in [0.4, 0.5) is 0 Å². The maximum absolute atomic E-state index is 12.1. The number of hydrogen-bond donors (Lipinski definition) is 2. The highest BCUT2D eigenvalue weighted by Crippen LogP contribution is 2.14. The highest BCUT2D eigenvalue weighted by molar-refractivity contribution is 7.89. The fourth-order valence-electron chi connectivity index (χ4n) is 1.41. The quantitative estimate of drug-likeness (QED) is 0.853. The zero-order valence-corrected chi connectivity index (χ0v) is 12.2. The Morgan fingerprint density at radius 3 is 2.33 bits per heavy atom. The molecule has 18 heavy (non-hydrogen) atoms. The molecule has 0 amide bonds. The van der Waals surface area contributed by atoms with Gasteiger partial charge in [0.2, 0.25) is 10.0 Å². The number of hydrogen-bond acceptors (Lipinski definition) is 3. The van der Waals surface area contributed by atoms with E-state index in [1.165, 1.54) is 0 Å². The SMILES string of the molecule is Cc1ccc(S(=O)(=O)NCC(N)C(C)C)cc1C. The van der Waals surface area contributed by atoms with Gasteiger partial charge in [-0.3, -0.25) is 0 Å². The highest BCUT2D eigenvalue weighted by Gasteiger charge is 2.17. The Bertz CT molecular complexity index is 510. The molecule has 0 saturated heterocycles. The Morgan fingerprint density at radius 2 is 1.83 bits per heavy atom. The molecule has 1 rings (SSSR count). The van der Waals surface area contributed by atoms with Gasteiger partial charge in [-0.15, -0.1) is 0 Å². The van der Waals surface area contributed by atoms with Crippen LogP contribution < -0.4 is 10.5 Å². The van der Waals surface area contributed by atoms with E-state index in [1.54, 1.807) is 12.1 Å². The van der Waals surface area contributed by atoms with Crippen molar-refractivity contribution >= 4 is 10.0 Å². The minimum Gasteiger partial charge on any atom is -0.326 e. The summed E-state index contributed by atoms with van der Waals surface area (Å²) in [6.07, 6.45) is 0. The Hall–Kier alpha value is -0.910. The number of nitrogens with two attached hydrogens (primary N) is 1. The second-order valence-electron chi connectivity index (χ2n) is 5.01. The van der Waals surface area contributed by atoms with E-state index in [9.17, 15) is 8.42 Å². The smallest absolute Gasteiger partial charge is 0.240 e. The van der Waals surface area contributed by atoms with E-state index in [2.05, 4.69) is 4.72 Å². The van der Waals surface area contributed by atoms with Crippen LogP contribution in [-0.4, -0.2) is 21.0 Å². The van der Waals surface area contributed by atoms with E-state index in [0.29, 0.717) is 4.90 Å². The number of benzene rings is 1. The van der Waals surface area contributed by atoms with Gasteiger partial charge in [0, 0.05) is 12.6 Å². The van der Waals surface area contributed by atoms with Crippen LogP contribution in [0.5, 0.6) is 0 Å². The molecule has 102 valence electrons. The minimum atomic E-state index is -3.46. The fraction of sp³-hybridized carbons (Fsp3) is 0.538. The molecule has 0 heterocycles. The molecule has 3 N–H and O–H groups in total. The van der Waals surface area contributed by atoms with Gasteiger partial charge in [0.15, 0.2) is 0 Å². The first-order valence-corrected chi connectivity index (χ1v) is 7.55. The molecule has 0 radical (unpaired) electrons. The van der Waals surface area contributed by atoms with Crippen molar-refractivity contribution in [1.82, 2.24) is 4.72 Å². The maximum atomic E-state index is 12.1. The Balaban J connectivity index is 2.83. The zero-order chi connectivity index (χ0) is 13.9. The lowest BCUT2D eigenvalue weighted by Gasteiger charge is -2.16. The van der Waals surface area contributed by atoms with E-state index in [0.717, 1.165) is 11.1 Å². The van der Waals surface area contributed by atoms with Crippen LogP contribution in [0.25, 0.3) is 0 Å². The van der Waals surface area contributed by atoms with Crippen molar-refractivity contribution in [3.05, 3.63) is 29.3 Å². The average molecular weight is 270 g/mol. The third-order valence-electron chi connectivity index (χ3n) is 3.15. The molecule has 0 bridgehead atoms. The van der Waals surface area contributed by atoms with Gasteiger partial charge < -0.3 is 5.73 Å². The molecule has 0 aliphatic carbocycles. The number of rotatable bonds is 5. The molecular weight excluding hydrogens is 248 g/mol. The van der Waals surface area contributed by atoms with E-state index in [1.807, 2.05) is 33.8 Å². The topological polar surface area (TPSA) is 72.2 Å². The van der Waals surface area contributed by atoms with Crippen molar-refractivity contribution in [3.63, 3.8) is 0 Å². The summed E-state index contributed by atoms with van der Waals surface area (Å²) in [5, 5.41) is 0. The molecule has 1 unspecified atom stereocenters. The second kappa shape index (κ2) is 5.82. The third-order valence-corrected chi connectivity index (χ3v) is 4.58. The molecule has 0 aromatic heterocycles. The minimum absolute atomic E-state index is 0.175. The summed E-state index contributed by atoms with van der Waals surface area (Å²) in [6, 6.07) is 4.93. The summed E-state index contributed by atoms with van der Waals surface area (Å²) in [4.78, 5) is 0.293. The summed E-state index contributed by atoms with van der Waals surface area (Å²) < 4.78 is 26.7. The van der Waals surface area contributed by atoms with Crippen LogP contribution in [-0.2, 0) is 10.0 Å². The van der Waals surface area contributed by atoms with Crippen LogP contribution >= 0.6 is 0 Å². The van der Waals surface area contributed by atoms with E-state index in [4.69, 9.17) is 5.73 Å². The molecule has 0 spiro atoms. The van der Waals surface area contributed by atoms with Gasteiger partial charge in [-0.1, -0.05) is 19.9 Å². The summed E-state index contributed by atoms with van der Waals surface area (Å²) in [6.45, 7) is 8.04. The van der Waals surface area contributed by atoms with Crippen LogP contribution in [0.1, 0.15) is 25.0 Å².